The summed E-state index contributed by atoms with van der Waals surface area (Å²) in [5.74, 6) is -2.53. The Labute approximate surface area is 218 Å². The van der Waals surface area contributed by atoms with Gasteiger partial charge < -0.3 is 31.4 Å². The van der Waals surface area contributed by atoms with E-state index >= 15 is 0 Å². The Kier molecular flexibility index (Phi) is 11.2. The highest BCUT2D eigenvalue weighted by atomic mass is 19.1. The molecule has 1 unspecified atom stereocenters. The fourth-order valence-corrected chi connectivity index (χ4v) is 4.20. The zero-order chi connectivity index (χ0) is 27.5. The highest BCUT2D eigenvalue weighted by Crippen LogP contribution is 2.31. The van der Waals surface area contributed by atoms with Gasteiger partial charge in [0.15, 0.2) is 17.3 Å². The van der Waals surface area contributed by atoms with Crippen molar-refractivity contribution in [2.45, 2.75) is 51.0 Å². The van der Waals surface area contributed by atoms with Crippen molar-refractivity contribution in [1.29, 1.82) is 0 Å². The van der Waals surface area contributed by atoms with E-state index in [4.69, 9.17) is 21.3 Å². The fraction of sp³-hybridized carbons (Fsp3) is 0.520. The zero-order valence-corrected chi connectivity index (χ0v) is 21.1. The van der Waals surface area contributed by atoms with Gasteiger partial charge in [-0.25, -0.2) is 23.1 Å². The number of fused-ring (bicyclic) bond motifs is 1. The number of carbonyl (C=O) groups excluding carboxylic acids is 1. The van der Waals surface area contributed by atoms with Crippen LogP contribution in [0.5, 0.6) is 0 Å². The number of hydrogen-bond acceptors (Lipinski definition) is 9. The van der Waals surface area contributed by atoms with Gasteiger partial charge in [-0.1, -0.05) is 19.3 Å². The van der Waals surface area contributed by atoms with Crippen LogP contribution in [0.2, 0.25) is 0 Å². The summed E-state index contributed by atoms with van der Waals surface area (Å²) in [6, 6.07) is 1.05. The first-order chi connectivity index (χ1) is 18.4. The normalized spacial score (nSPS) is 17.3. The molecule has 0 bridgehead atoms. The van der Waals surface area contributed by atoms with Gasteiger partial charge in [-0.05, 0) is 32.2 Å². The number of imidazole rings is 1. The lowest BCUT2D eigenvalue weighted by Crippen LogP contribution is -2.13. The number of aromatic nitrogens is 4. The molecular weight excluding hydrogens is 503 g/mol. The van der Waals surface area contributed by atoms with Crippen molar-refractivity contribution in [3.63, 3.8) is 0 Å². The van der Waals surface area contributed by atoms with Crippen molar-refractivity contribution in [2.75, 3.05) is 37.4 Å². The summed E-state index contributed by atoms with van der Waals surface area (Å²) in [6.45, 7) is 1.76. The lowest BCUT2D eigenvalue weighted by molar-refractivity contribution is -0.111. The van der Waals surface area contributed by atoms with Crippen LogP contribution in [0.1, 0.15) is 51.0 Å². The first-order valence-electron chi connectivity index (χ1n) is 12.6. The third-order valence-electron chi connectivity index (χ3n) is 6.17. The summed E-state index contributed by atoms with van der Waals surface area (Å²) >= 11 is 0. The number of nitrogens with one attached hydrogen (secondary N) is 1. The van der Waals surface area contributed by atoms with Gasteiger partial charge in [0, 0.05) is 31.3 Å². The molecular formula is C25H34F3N7O3. The Balaban J connectivity index is 0.000000254. The number of nitrogens with two attached hydrogens (primary N) is 2. The molecule has 1 atom stereocenters. The molecule has 2 aromatic heterocycles. The minimum absolute atomic E-state index is 0.0539. The number of nitrogen functional groups attached to an aromatic ring is 1. The van der Waals surface area contributed by atoms with Crippen LogP contribution in [-0.2, 0) is 9.53 Å². The maximum atomic E-state index is 14.0. The Hall–Kier alpha value is -3.29. The monoisotopic (exact) mass is 537 g/mol. The van der Waals surface area contributed by atoms with Crippen molar-refractivity contribution in [2.24, 2.45) is 11.7 Å². The molecule has 1 aromatic carbocycles. The standard InChI is InChI=1S/C15H13F3N6O.C7H12O.C3H9NO/c16-7-3-9(17)12(10(18)4-7)22-15-21-11-5-20-14(19)23-13(11)24(15)8-1-2-25-6-8;8-6-7-4-2-1-3-5-7;4-2-1-3-5/h3-5,8H,1-2,6H2,(H,21,22)(H2,19,20,23);6-7H,1-5H2;5H,1-4H2. The molecule has 0 spiro atoms. The maximum Gasteiger partial charge on any atom is 0.222 e. The predicted molar refractivity (Wildman–Crippen MR) is 137 cm³/mol. The number of hydrogen-bond donors (Lipinski definition) is 4. The zero-order valence-electron chi connectivity index (χ0n) is 21.1. The molecule has 0 amide bonds. The minimum atomic E-state index is -1.07. The largest absolute Gasteiger partial charge is 0.396 e. The molecule has 38 heavy (non-hydrogen) atoms. The number of carbonyl (C=O) groups is 1. The molecule has 1 saturated heterocycles. The van der Waals surface area contributed by atoms with E-state index < -0.39 is 23.1 Å². The SMILES string of the molecule is NCCCO.Nc1ncc2nc(Nc3c(F)cc(F)cc3F)n(C3CCOC3)c2n1.O=CC1CCCCC1. The average molecular weight is 538 g/mol. The molecule has 1 saturated carbocycles. The van der Waals surface area contributed by atoms with Gasteiger partial charge in [0.1, 0.15) is 23.3 Å². The van der Waals surface area contributed by atoms with Crippen LogP contribution in [0.3, 0.4) is 0 Å². The number of aldehydes is 1. The number of aliphatic hydroxyl groups excluding tert-OH is 1. The van der Waals surface area contributed by atoms with Gasteiger partial charge in [-0.15, -0.1) is 0 Å². The first kappa shape index (κ1) is 29.3. The van der Waals surface area contributed by atoms with E-state index in [0.717, 1.165) is 25.5 Å². The van der Waals surface area contributed by atoms with Crippen molar-refractivity contribution >= 4 is 35.0 Å². The summed E-state index contributed by atoms with van der Waals surface area (Å²) in [5.41, 5.74) is 11.0. The molecule has 3 aromatic rings. The number of ether oxygens (including phenoxy) is 1. The van der Waals surface area contributed by atoms with Gasteiger partial charge in [0.25, 0.3) is 0 Å². The molecule has 10 nitrogen and oxygen atoms in total. The molecule has 0 radical (unpaired) electrons. The molecule has 1 aliphatic carbocycles. The minimum Gasteiger partial charge on any atom is -0.396 e. The van der Waals surface area contributed by atoms with Gasteiger partial charge in [-0.3, -0.25) is 4.57 Å². The van der Waals surface area contributed by atoms with Crippen LogP contribution >= 0.6 is 0 Å². The quantitative estimate of drug-likeness (QED) is 0.345. The Morgan fingerprint density at radius 2 is 1.84 bits per heavy atom. The van der Waals surface area contributed by atoms with Crippen LogP contribution in [0.4, 0.5) is 30.8 Å². The van der Waals surface area contributed by atoms with Gasteiger partial charge in [0.2, 0.25) is 11.9 Å². The second-order valence-electron chi connectivity index (χ2n) is 9.03. The third kappa shape index (κ3) is 7.85. The Morgan fingerprint density at radius 3 is 2.37 bits per heavy atom. The lowest BCUT2D eigenvalue weighted by atomic mass is 9.91. The van der Waals surface area contributed by atoms with Crippen molar-refractivity contribution in [1.82, 2.24) is 19.5 Å². The van der Waals surface area contributed by atoms with Crippen LogP contribution in [0.25, 0.3) is 11.2 Å². The van der Waals surface area contributed by atoms with Gasteiger partial charge >= 0.3 is 0 Å². The summed E-state index contributed by atoms with van der Waals surface area (Å²) in [7, 11) is 0. The van der Waals surface area contributed by atoms with Crippen LogP contribution in [0, 0.1) is 23.4 Å². The van der Waals surface area contributed by atoms with E-state index in [-0.39, 0.29) is 24.5 Å². The fourth-order valence-electron chi connectivity index (χ4n) is 4.20. The number of aliphatic hydroxyl groups is 1. The second kappa shape index (κ2) is 14.6. The van der Waals surface area contributed by atoms with E-state index in [0.29, 0.717) is 55.4 Å². The number of anilines is 3. The van der Waals surface area contributed by atoms with E-state index in [1.165, 1.54) is 25.5 Å². The summed E-state index contributed by atoms with van der Waals surface area (Å²) in [4.78, 5) is 22.5. The molecule has 2 aliphatic rings. The third-order valence-corrected chi connectivity index (χ3v) is 6.17. The number of rotatable bonds is 6. The van der Waals surface area contributed by atoms with Crippen molar-refractivity contribution in [3.05, 3.63) is 35.8 Å². The molecule has 6 N–H and O–H groups in total. The molecule has 5 rings (SSSR count). The number of nitrogens with zero attached hydrogens (tertiary/aromatic N) is 4. The van der Waals surface area contributed by atoms with E-state index in [2.05, 4.69) is 20.3 Å². The van der Waals surface area contributed by atoms with E-state index in [1.807, 2.05) is 0 Å². The second-order valence-corrected chi connectivity index (χ2v) is 9.03. The number of halogens is 3. The van der Waals surface area contributed by atoms with Gasteiger partial charge in [-0.2, -0.15) is 4.98 Å². The Bertz CT molecular complexity index is 1160. The molecule has 1 aliphatic heterocycles. The van der Waals surface area contributed by atoms with Crippen LogP contribution in [-0.4, -0.2) is 57.3 Å². The lowest BCUT2D eigenvalue weighted by Gasteiger charge is -2.16. The van der Waals surface area contributed by atoms with Gasteiger partial charge in [0.05, 0.1) is 18.8 Å². The number of benzene rings is 1. The molecule has 208 valence electrons. The summed E-state index contributed by atoms with van der Waals surface area (Å²) < 4.78 is 48.1. The van der Waals surface area contributed by atoms with Crippen LogP contribution in [0.15, 0.2) is 18.3 Å². The van der Waals surface area contributed by atoms with E-state index in [9.17, 15) is 18.0 Å². The average Bonchev–Trinajstić information content (AvgIpc) is 3.55. The first-order valence-corrected chi connectivity index (χ1v) is 12.6. The molecule has 13 heteroatoms. The maximum absolute atomic E-state index is 14.0. The van der Waals surface area contributed by atoms with E-state index in [1.54, 1.807) is 4.57 Å². The van der Waals surface area contributed by atoms with Crippen LogP contribution < -0.4 is 16.8 Å². The van der Waals surface area contributed by atoms with Crippen molar-refractivity contribution in [3.8, 4) is 0 Å². The highest BCUT2D eigenvalue weighted by Gasteiger charge is 2.26. The summed E-state index contributed by atoms with van der Waals surface area (Å²) in [6.07, 6.45) is 10.1. The smallest absolute Gasteiger partial charge is 0.222 e. The van der Waals surface area contributed by atoms with Crippen molar-refractivity contribution < 1.29 is 27.8 Å². The Morgan fingerprint density at radius 1 is 1.13 bits per heavy atom. The predicted octanol–water partition coefficient (Wildman–Crippen LogP) is 3.62. The highest BCUT2D eigenvalue weighted by molar-refractivity contribution is 5.76. The summed E-state index contributed by atoms with van der Waals surface area (Å²) in [5, 5.41) is 10.6. The topological polar surface area (TPSA) is 154 Å². The molecule has 2 fully saturated rings. The molecule has 3 heterocycles.